The smallest absolute Gasteiger partial charge is 0.416 e. The van der Waals surface area contributed by atoms with Crippen molar-refractivity contribution in [3.63, 3.8) is 0 Å². The lowest BCUT2D eigenvalue weighted by Crippen LogP contribution is -2.48. The van der Waals surface area contributed by atoms with Crippen molar-refractivity contribution in [1.82, 2.24) is 15.5 Å². The molecule has 8 nitrogen and oxygen atoms in total. The monoisotopic (exact) mass is 562 g/mol. The number of ether oxygens (including phenoxy) is 2. The molecule has 2 aromatic rings. The number of likely N-dealkylation sites (tertiary alicyclic amines) is 1. The molecule has 0 saturated carbocycles. The van der Waals surface area contributed by atoms with Crippen LogP contribution in [-0.2, 0) is 15.7 Å². The number of alkyl halides is 3. The van der Waals surface area contributed by atoms with Crippen molar-refractivity contribution in [1.29, 1.82) is 0 Å². The highest BCUT2D eigenvalue weighted by Gasteiger charge is 2.38. The van der Waals surface area contributed by atoms with Crippen LogP contribution in [-0.4, -0.2) is 81.3 Å². The largest absolute Gasteiger partial charge is 0.497 e. The number of carbonyl (C=O) groups is 2. The Morgan fingerprint density at radius 1 is 1.05 bits per heavy atom. The van der Waals surface area contributed by atoms with Crippen molar-refractivity contribution in [2.45, 2.75) is 50.6 Å². The van der Waals surface area contributed by atoms with Gasteiger partial charge < -0.3 is 25.0 Å². The SMILES string of the molecule is CCCO[C@@H]1CN(C2CCN(c3ccc(OC)cc3)CC2)C[C@H]1NC(=O)CNC(=O)c1cccc(C(F)(F)F)c1. The lowest BCUT2D eigenvalue weighted by atomic mass is 10.0. The summed E-state index contributed by atoms with van der Waals surface area (Å²) < 4.78 is 50.2. The van der Waals surface area contributed by atoms with E-state index in [1.165, 1.54) is 17.8 Å². The van der Waals surface area contributed by atoms with E-state index in [0.717, 1.165) is 50.2 Å². The molecule has 218 valence electrons. The van der Waals surface area contributed by atoms with E-state index in [1.54, 1.807) is 7.11 Å². The van der Waals surface area contributed by atoms with Gasteiger partial charge in [-0.2, -0.15) is 13.2 Å². The van der Waals surface area contributed by atoms with Crippen LogP contribution >= 0.6 is 0 Å². The maximum absolute atomic E-state index is 13.0. The molecule has 0 aliphatic carbocycles. The summed E-state index contributed by atoms with van der Waals surface area (Å²) in [4.78, 5) is 29.8. The molecule has 11 heteroatoms. The van der Waals surface area contributed by atoms with Gasteiger partial charge in [0.15, 0.2) is 0 Å². The summed E-state index contributed by atoms with van der Waals surface area (Å²) in [5.74, 6) is -0.319. The fourth-order valence-electron chi connectivity index (χ4n) is 5.32. The van der Waals surface area contributed by atoms with Crippen LogP contribution in [0, 0.1) is 0 Å². The van der Waals surface area contributed by atoms with Gasteiger partial charge in [-0.15, -0.1) is 0 Å². The molecule has 0 unspecified atom stereocenters. The van der Waals surface area contributed by atoms with Crippen molar-refractivity contribution in [2.75, 3.05) is 51.3 Å². The molecular weight excluding hydrogens is 525 g/mol. The minimum Gasteiger partial charge on any atom is -0.497 e. The fraction of sp³-hybridized carbons (Fsp3) is 0.517. The van der Waals surface area contributed by atoms with Crippen molar-refractivity contribution in [3.05, 3.63) is 59.7 Å². The average Bonchev–Trinajstić information content (AvgIpc) is 3.36. The molecule has 2 N–H and O–H groups in total. The lowest BCUT2D eigenvalue weighted by Gasteiger charge is -2.38. The number of piperidine rings is 1. The van der Waals surface area contributed by atoms with Crippen LogP contribution in [0.1, 0.15) is 42.1 Å². The predicted octanol–water partition coefficient (Wildman–Crippen LogP) is 3.71. The first kappa shape index (κ1) is 29.7. The molecule has 0 radical (unpaired) electrons. The van der Waals surface area contributed by atoms with E-state index in [9.17, 15) is 22.8 Å². The number of halogens is 3. The van der Waals surface area contributed by atoms with E-state index in [4.69, 9.17) is 9.47 Å². The highest BCUT2D eigenvalue weighted by molar-refractivity contribution is 5.96. The topological polar surface area (TPSA) is 83.1 Å². The Morgan fingerprint density at radius 2 is 1.77 bits per heavy atom. The fourth-order valence-corrected chi connectivity index (χ4v) is 5.32. The Balaban J connectivity index is 1.29. The van der Waals surface area contributed by atoms with Gasteiger partial charge in [-0.1, -0.05) is 13.0 Å². The van der Waals surface area contributed by atoms with Gasteiger partial charge in [0.25, 0.3) is 5.91 Å². The molecule has 2 heterocycles. The number of hydrogen-bond acceptors (Lipinski definition) is 6. The Hall–Kier alpha value is -3.31. The molecule has 40 heavy (non-hydrogen) atoms. The quantitative estimate of drug-likeness (QED) is 0.460. The maximum Gasteiger partial charge on any atom is 0.416 e. The van der Waals surface area contributed by atoms with Crippen molar-refractivity contribution in [2.24, 2.45) is 0 Å². The van der Waals surface area contributed by atoms with E-state index < -0.39 is 23.6 Å². The first-order valence-corrected chi connectivity index (χ1v) is 13.7. The molecule has 2 saturated heterocycles. The number of benzene rings is 2. The van der Waals surface area contributed by atoms with E-state index in [2.05, 4.69) is 32.6 Å². The summed E-state index contributed by atoms with van der Waals surface area (Å²) in [7, 11) is 1.65. The van der Waals surface area contributed by atoms with E-state index in [0.29, 0.717) is 25.7 Å². The molecule has 4 rings (SSSR count). The van der Waals surface area contributed by atoms with Crippen LogP contribution < -0.4 is 20.3 Å². The van der Waals surface area contributed by atoms with Gasteiger partial charge in [-0.05, 0) is 61.7 Å². The van der Waals surface area contributed by atoms with Gasteiger partial charge >= 0.3 is 6.18 Å². The van der Waals surface area contributed by atoms with Gasteiger partial charge in [0, 0.05) is 50.1 Å². The summed E-state index contributed by atoms with van der Waals surface area (Å²) in [5, 5.41) is 5.40. The predicted molar refractivity (Wildman–Crippen MR) is 146 cm³/mol. The molecule has 0 spiro atoms. The molecule has 0 bridgehead atoms. The Morgan fingerprint density at radius 3 is 2.42 bits per heavy atom. The van der Waals surface area contributed by atoms with Gasteiger partial charge in [0.1, 0.15) is 5.75 Å². The van der Waals surface area contributed by atoms with E-state index >= 15 is 0 Å². The third-order valence-corrected chi connectivity index (χ3v) is 7.46. The average molecular weight is 563 g/mol. The second kappa shape index (κ2) is 13.4. The van der Waals surface area contributed by atoms with Crippen LogP contribution in [0.5, 0.6) is 5.75 Å². The summed E-state index contributed by atoms with van der Waals surface area (Å²) in [5.41, 5.74) is 0.100. The zero-order valence-corrected chi connectivity index (χ0v) is 22.9. The highest BCUT2D eigenvalue weighted by Crippen LogP contribution is 2.30. The minimum absolute atomic E-state index is 0.153. The third kappa shape index (κ3) is 7.66. The van der Waals surface area contributed by atoms with Crippen molar-refractivity contribution < 1.29 is 32.2 Å². The standard InChI is InChI=1S/C29H37F3N4O4/c1-3-15-40-26-19-36(23-11-13-35(14-12-23)22-7-9-24(39-2)10-8-22)18-25(26)34-27(37)17-33-28(38)20-5-4-6-21(16-20)29(30,31)32/h4-10,16,23,25-26H,3,11-15,17-19H2,1-2H3,(H,33,38)(H,34,37)/t25-,26-/m1/s1. The summed E-state index contributed by atoms with van der Waals surface area (Å²) in [6.07, 6.45) is -1.91. The third-order valence-electron chi connectivity index (χ3n) is 7.46. The van der Waals surface area contributed by atoms with Gasteiger partial charge in [0.05, 0.1) is 31.4 Å². The van der Waals surface area contributed by atoms with Crippen LogP contribution in [0.15, 0.2) is 48.5 Å². The number of nitrogens with zero attached hydrogens (tertiary/aromatic N) is 2. The zero-order chi connectivity index (χ0) is 28.7. The molecular formula is C29H37F3N4O4. The summed E-state index contributed by atoms with van der Waals surface area (Å²) >= 11 is 0. The van der Waals surface area contributed by atoms with E-state index in [-0.39, 0.29) is 24.3 Å². The molecule has 2 fully saturated rings. The number of amides is 2. The van der Waals surface area contributed by atoms with Crippen LogP contribution in [0.25, 0.3) is 0 Å². The van der Waals surface area contributed by atoms with Crippen LogP contribution in [0.3, 0.4) is 0 Å². The Bertz CT molecular complexity index is 1140. The number of rotatable bonds is 10. The summed E-state index contributed by atoms with van der Waals surface area (Å²) in [6, 6.07) is 12.3. The van der Waals surface area contributed by atoms with Gasteiger partial charge in [0.2, 0.25) is 5.91 Å². The van der Waals surface area contributed by atoms with Crippen LogP contribution in [0.2, 0.25) is 0 Å². The summed E-state index contributed by atoms with van der Waals surface area (Å²) in [6.45, 7) is 5.45. The molecule has 0 aromatic heterocycles. The normalized spacial score (nSPS) is 20.4. The molecule has 2 aromatic carbocycles. The molecule has 2 aliphatic heterocycles. The van der Waals surface area contributed by atoms with E-state index in [1.807, 2.05) is 19.1 Å². The van der Waals surface area contributed by atoms with Gasteiger partial charge in [-0.25, -0.2) is 0 Å². The zero-order valence-electron chi connectivity index (χ0n) is 22.9. The van der Waals surface area contributed by atoms with Crippen LogP contribution in [0.4, 0.5) is 18.9 Å². The number of anilines is 1. The number of carbonyl (C=O) groups excluding carboxylic acids is 2. The number of nitrogens with one attached hydrogen (secondary N) is 2. The second-order valence-corrected chi connectivity index (χ2v) is 10.2. The molecule has 2 atom stereocenters. The highest BCUT2D eigenvalue weighted by atomic mass is 19.4. The minimum atomic E-state index is -4.55. The Labute approximate surface area is 232 Å². The number of methoxy groups -OCH3 is 1. The second-order valence-electron chi connectivity index (χ2n) is 10.2. The molecule has 2 aliphatic rings. The first-order valence-electron chi connectivity index (χ1n) is 13.7. The number of hydrogen-bond donors (Lipinski definition) is 2. The first-order chi connectivity index (χ1) is 19.2. The van der Waals surface area contributed by atoms with Gasteiger partial charge in [-0.3, -0.25) is 14.5 Å². The van der Waals surface area contributed by atoms with Crippen molar-refractivity contribution in [3.8, 4) is 5.75 Å². The Kier molecular flexibility index (Phi) is 9.91. The lowest BCUT2D eigenvalue weighted by molar-refractivity contribution is -0.137. The molecule has 2 amide bonds. The van der Waals surface area contributed by atoms with Crippen molar-refractivity contribution >= 4 is 17.5 Å². The maximum atomic E-state index is 13.0.